The monoisotopic (exact) mass is 405 g/mol. The van der Waals surface area contributed by atoms with Gasteiger partial charge >= 0.3 is 0 Å². The second-order valence-corrected chi connectivity index (χ2v) is 9.81. The van der Waals surface area contributed by atoms with Crippen LogP contribution in [0.15, 0.2) is 17.1 Å². The fraction of sp³-hybridized carbons (Fsp3) is 0.632. The maximum Gasteiger partial charge on any atom is 0.252 e. The zero-order valence-corrected chi connectivity index (χ0v) is 17.2. The Kier molecular flexibility index (Phi) is 5.13. The van der Waals surface area contributed by atoms with E-state index >= 15 is 0 Å². The summed E-state index contributed by atoms with van der Waals surface area (Å²) in [6.07, 6.45) is 8.74. The molecule has 0 aromatic carbocycles. The minimum atomic E-state index is -3.20. The number of nitrogens with zero attached hydrogens (tertiary/aromatic N) is 4. The molecule has 0 amide bonds. The molecule has 2 fully saturated rings. The number of hydrogen-bond acceptors (Lipinski definition) is 6. The molecule has 2 aliphatic rings. The van der Waals surface area contributed by atoms with Gasteiger partial charge in [-0.1, -0.05) is 12.8 Å². The van der Waals surface area contributed by atoms with Crippen molar-refractivity contribution in [1.29, 1.82) is 0 Å². The lowest BCUT2D eigenvalue weighted by Crippen LogP contribution is -2.44. The van der Waals surface area contributed by atoms with E-state index < -0.39 is 10.0 Å². The number of piperidine rings is 1. The van der Waals surface area contributed by atoms with Crippen LogP contribution in [-0.2, 0) is 10.0 Å². The Balaban J connectivity index is 1.64. The molecule has 152 valence electrons. The topological polar surface area (TPSA) is 97.2 Å². The molecular weight excluding hydrogens is 378 g/mol. The SMILES string of the molecule is Cc1cc(=O)n(C2CCCC2)c2nc(N3CCC(NS(C)(=O)=O)CC3)ncc12. The van der Waals surface area contributed by atoms with E-state index in [1.807, 2.05) is 17.7 Å². The molecule has 1 aliphatic heterocycles. The van der Waals surface area contributed by atoms with Crippen molar-refractivity contribution in [1.82, 2.24) is 19.3 Å². The van der Waals surface area contributed by atoms with Gasteiger partial charge in [0.1, 0.15) is 5.65 Å². The molecule has 1 aliphatic carbocycles. The average Bonchev–Trinajstić information content (AvgIpc) is 3.15. The lowest BCUT2D eigenvalue weighted by Gasteiger charge is -2.32. The van der Waals surface area contributed by atoms with Gasteiger partial charge in [0.25, 0.3) is 5.56 Å². The van der Waals surface area contributed by atoms with Crippen molar-refractivity contribution in [2.45, 2.75) is 57.5 Å². The number of rotatable bonds is 4. The van der Waals surface area contributed by atoms with Gasteiger partial charge in [-0.3, -0.25) is 9.36 Å². The molecule has 2 aromatic heterocycles. The lowest BCUT2D eigenvalue weighted by atomic mass is 10.1. The molecule has 8 nitrogen and oxygen atoms in total. The van der Waals surface area contributed by atoms with Gasteiger partial charge in [0.2, 0.25) is 16.0 Å². The average molecular weight is 406 g/mol. The van der Waals surface area contributed by atoms with Crippen LogP contribution in [0.1, 0.15) is 50.1 Å². The molecular formula is C19H27N5O3S. The first-order valence-electron chi connectivity index (χ1n) is 9.93. The highest BCUT2D eigenvalue weighted by Crippen LogP contribution is 2.31. The molecule has 0 radical (unpaired) electrons. The third kappa shape index (κ3) is 3.91. The number of pyridine rings is 1. The highest BCUT2D eigenvalue weighted by atomic mass is 32.2. The van der Waals surface area contributed by atoms with Crippen molar-refractivity contribution in [2.24, 2.45) is 0 Å². The number of nitrogens with one attached hydrogen (secondary N) is 1. The summed E-state index contributed by atoms with van der Waals surface area (Å²) in [6.45, 7) is 3.28. The summed E-state index contributed by atoms with van der Waals surface area (Å²) < 4.78 is 27.4. The van der Waals surface area contributed by atoms with Crippen LogP contribution in [0.25, 0.3) is 11.0 Å². The van der Waals surface area contributed by atoms with Crippen LogP contribution in [0.2, 0.25) is 0 Å². The second kappa shape index (κ2) is 7.44. The van der Waals surface area contributed by atoms with Gasteiger partial charge in [-0.15, -0.1) is 0 Å². The number of sulfonamides is 1. The summed E-state index contributed by atoms with van der Waals surface area (Å²) in [4.78, 5) is 24.2. The Hall–Kier alpha value is -2.00. The molecule has 1 saturated heterocycles. The van der Waals surface area contributed by atoms with Gasteiger partial charge in [-0.25, -0.2) is 18.1 Å². The Morgan fingerprint density at radius 1 is 1.14 bits per heavy atom. The van der Waals surface area contributed by atoms with Crippen molar-refractivity contribution in [3.8, 4) is 0 Å². The Morgan fingerprint density at radius 2 is 1.82 bits per heavy atom. The van der Waals surface area contributed by atoms with Crippen LogP contribution in [0.4, 0.5) is 5.95 Å². The Bertz CT molecular complexity index is 1040. The van der Waals surface area contributed by atoms with Crippen LogP contribution >= 0.6 is 0 Å². The van der Waals surface area contributed by atoms with E-state index in [9.17, 15) is 13.2 Å². The quantitative estimate of drug-likeness (QED) is 0.832. The standard InChI is InChI=1S/C19H27N5O3S/c1-13-11-17(25)24(15-5-3-4-6-15)18-16(13)12-20-19(21-18)23-9-7-14(8-10-23)22-28(2,26)27/h11-12,14-15,22H,3-10H2,1-2H3. The third-order valence-electron chi connectivity index (χ3n) is 5.83. The fourth-order valence-electron chi connectivity index (χ4n) is 4.43. The van der Waals surface area contributed by atoms with Gasteiger partial charge in [-0.05, 0) is 38.2 Å². The molecule has 9 heteroatoms. The van der Waals surface area contributed by atoms with Crippen LogP contribution in [0, 0.1) is 6.92 Å². The smallest absolute Gasteiger partial charge is 0.252 e. The summed E-state index contributed by atoms with van der Waals surface area (Å²) in [6, 6.07) is 1.85. The summed E-state index contributed by atoms with van der Waals surface area (Å²) in [5, 5.41) is 0.920. The molecule has 0 bridgehead atoms. The number of fused-ring (bicyclic) bond motifs is 1. The summed E-state index contributed by atoms with van der Waals surface area (Å²) in [5.41, 5.74) is 1.63. The van der Waals surface area contributed by atoms with Crippen molar-refractivity contribution < 1.29 is 8.42 Å². The number of aromatic nitrogens is 3. The highest BCUT2D eigenvalue weighted by molar-refractivity contribution is 7.88. The molecule has 0 spiro atoms. The van der Waals surface area contributed by atoms with Crippen LogP contribution in [-0.4, -0.2) is 48.3 Å². The number of hydrogen-bond donors (Lipinski definition) is 1. The first-order chi connectivity index (χ1) is 13.3. The van der Waals surface area contributed by atoms with E-state index in [4.69, 9.17) is 4.98 Å². The zero-order valence-electron chi connectivity index (χ0n) is 16.4. The maximum atomic E-state index is 12.7. The van der Waals surface area contributed by atoms with Gasteiger partial charge in [-0.2, -0.15) is 4.98 Å². The summed E-state index contributed by atoms with van der Waals surface area (Å²) in [7, 11) is -3.20. The van der Waals surface area contributed by atoms with Crippen LogP contribution in [0.5, 0.6) is 0 Å². The van der Waals surface area contributed by atoms with Gasteiger partial charge < -0.3 is 4.90 Å². The van der Waals surface area contributed by atoms with Gasteiger partial charge in [0.05, 0.1) is 6.26 Å². The van der Waals surface area contributed by atoms with Gasteiger partial charge in [0, 0.05) is 42.8 Å². The van der Waals surface area contributed by atoms with Crippen LogP contribution in [0.3, 0.4) is 0 Å². The van der Waals surface area contributed by atoms with Crippen molar-refractivity contribution in [3.05, 3.63) is 28.2 Å². The molecule has 2 aromatic rings. The predicted molar refractivity (Wildman–Crippen MR) is 109 cm³/mol. The molecule has 3 heterocycles. The molecule has 28 heavy (non-hydrogen) atoms. The molecule has 0 unspecified atom stereocenters. The summed E-state index contributed by atoms with van der Waals surface area (Å²) >= 11 is 0. The Labute approximate surface area is 165 Å². The molecule has 1 N–H and O–H groups in total. The van der Waals surface area contributed by atoms with Crippen molar-refractivity contribution in [2.75, 3.05) is 24.2 Å². The highest BCUT2D eigenvalue weighted by Gasteiger charge is 2.25. The molecule has 1 saturated carbocycles. The van der Waals surface area contributed by atoms with E-state index in [2.05, 4.69) is 14.6 Å². The third-order valence-corrected chi connectivity index (χ3v) is 6.60. The van der Waals surface area contributed by atoms with E-state index in [0.717, 1.165) is 42.3 Å². The number of anilines is 1. The zero-order chi connectivity index (χ0) is 19.9. The largest absolute Gasteiger partial charge is 0.341 e. The van der Waals surface area contributed by atoms with Gasteiger partial charge in [0.15, 0.2) is 0 Å². The molecule has 4 rings (SSSR count). The van der Waals surface area contributed by atoms with Crippen LogP contribution < -0.4 is 15.2 Å². The first kappa shape index (κ1) is 19.3. The second-order valence-electron chi connectivity index (χ2n) is 8.03. The molecule has 0 atom stereocenters. The normalized spacial score (nSPS) is 19.6. The van der Waals surface area contributed by atoms with E-state index in [1.54, 1.807) is 6.07 Å². The predicted octanol–water partition coefficient (Wildman–Crippen LogP) is 1.73. The van der Waals surface area contributed by atoms with E-state index in [-0.39, 0.29) is 17.6 Å². The summed E-state index contributed by atoms with van der Waals surface area (Å²) in [5.74, 6) is 0.613. The van der Waals surface area contributed by atoms with Crippen molar-refractivity contribution in [3.63, 3.8) is 0 Å². The minimum absolute atomic E-state index is 0.0117. The first-order valence-corrected chi connectivity index (χ1v) is 11.8. The van der Waals surface area contributed by atoms with E-state index in [0.29, 0.717) is 31.9 Å². The van der Waals surface area contributed by atoms with E-state index in [1.165, 1.54) is 6.26 Å². The maximum absolute atomic E-state index is 12.7. The minimum Gasteiger partial charge on any atom is -0.341 e. The van der Waals surface area contributed by atoms with Crippen molar-refractivity contribution >= 4 is 27.0 Å². The lowest BCUT2D eigenvalue weighted by molar-refractivity contribution is 0.457. The number of aryl methyl sites for hydroxylation is 1. The fourth-order valence-corrected chi connectivity index (χ4v) is 5.27. The Morgan fingerprint density at radius 3 is 2.46 bits per heavy atom.